The minimum Gasteiger partial charge on any atom is -0.475 e. The van der Waals surface area contributed by atoms with E-state index in [-0.39, 0.29) is 22.4 Å². The van der Waals surface area contributed by atoms with Crippen LogP contribution in [-0.2, 0) is 24.3 Å². The largest absolute Gasteiger partial charge is 0.490 e. The van der Waals surface area contributed by atoms with Crippen molar-refractivity contribution in [3.05, 3.63) is 48.0 Å². The van der Waals surface area contributed by atoms with Crippen molar-refractivity contribution in [2.24, 2.45) is 0 Å². The zero-order chi connectivity index (χ0) is 30.6. The molecule has 2 aromatic rings. The van der Waals surface area contributed by atoms with Crippen molar-refractivity contribution in [2.75, 3.05) is 61.4 Å². The van der Waals surface area contributed by atoms with Crippen LogP contribution in [0.4, 0.5) is 30.2 Å². The number of carboxylic acid groups (broad SMARTS) is 1. The molecule has 226 valence electrons. The van der Waals surface area contributed by atoms with E-state index >= 15 is 0 Å². The molecule has 0 aliphatic carbocycles. The molecule has 2 aromatic carbocycles. The molecule has 1 aliphatic rings. The van der Waals surface area contributed by atoms with E-state index in [1.165, 1.54) is 24.3 Å². The first-order chi connectivity index (χ1) is 19.3. The minimum absolute atomic E-state index is 0.0410. The van der Waals surface area contributed by atoms with E-state index in [9.17, 15) is 31.2 Å². The molecule has 0 aromatic heterocycles. The molecule has 0 saturated carbocycles. The summed E-state index contributed by atoms with van der Waals surface area (Å²) in [5.74, 6) is -3.22. The van der Waals surface area contributed by atoms with E-state index in [0.29, 0.717) is 30.8 Å². The second-order valence-electron chi connectivity index (χ2n) is 8.55. The predicted molar refractivity (Wildman–Crippen MR) is 146 cm³/mol. The molecule has 5 N–H and O–H groups in total. The summed E-state index contributed by atoms with van der Waals surface area (Å²) in [6.45, 7) is 5.52. The quantitative estimate of drug-likeness (QED) is 0.256. The number of benzene rings is 2. The van der Waals surface area contributed by atoms with Gasteiger partial charge in [0.05, 0.1) is 17.1 Å². The summed E-state index contributed by atoms with van der Waals surface area (Å²) in [4.78, 5) is 35.5. The number of nitrogens with zero attached hydrogens (tertiary/aromatic N) is 1. The average Bonchev–Trinajstić information content (AvgIpc) is 2.93. The number of hydrogen-bond donors (Lipinski definition) is 5. The molecule has 3 rings (SSSR count). The molecule has 2 amide bonds. The Morgan fingerprint density at radius 3 is 2.17 bits per heavy atom. The standard InChI is InChI=1S/C23H31N5O5S.C2HF3O2/c1-3-22(29)26-17-4-7-19(8-5-17)34(31,32)27-18-6-9-21(28-13-10-24-11-14-28)20(16-18)23(30)25-12-15-33-2;3-2(4,5)1(6)7/h4-9,16,24,27H,3,10-15H2,1-2H3,(H,25,30)(H,26,29);(H,6,7). The number of alkyl halides is 3. The van der Waals surface area contributed by atoms with Crippen LogP contribution in [-0.4, -0.2) is 83.9 Å². The first kappa shape index (κ1) is 33.3. The number of rotatable bonds is 10. The predicted octanol–water partition coefficient (Wildman–Crippen LogP) is 2.25. The number of ether oxygens (including phenoxy) is 1. The number of methoxy groups -OCH3 is 1. The van der Waals surface area contributed by atoms with E-state index in [4.69, 9.17) is 14.6 Å². The number of sulfonamides is 1. The third-order valence-electron chi connectivity index (χ3n) is 5.55. The molecular formula is C25H32F3N5O7S. The molecule has 0 radical (unpaired) electrons. The molecule has 1 saturated heterocycles. The Labute approximate surface area is 235 Å². The number of carbonyl (C=O) groups is 3. The number of amides is 2. The van der Waals surface area contributed by atoms with Crippen LogP contribution in [0.1, 0.15) is 23.7 Å². The van der Waals surface area contributed by atoms with Gasteiger partial charge < -0.3 is 30.7 Å². The van der Waals surface area contributed by atoms with E-state index < -0.39 is 22.2 Å². The van der Waals surface area contributed by atoms with Crippen molar-refractivity contribution in [3.8, 4) is 0 Å². The number of carboxylic acids is 1. The lowest BCUT2D eigenvalue weighted by Crippen LogP contribution is -2.44. The zero-order valence-electron chi connectivity index (χ0n) is 22.4. The molecule has 1 heterocycles. The van der Waals surface area contributed by atoms with Gasteiger partial charge in [-0.05, 0) is 42.5 Å². The Morgan fingerprint density at radius 1 is 1.05 bits per heavy atom. The first-order valence-corrected chi connectivity index (χ1v) is 13.9. The van der Waals surface area contributed by atoms with Crippen LogP contribution in [0.5, 0.6) is 0 Å². The first-order valence-electron chi connectivity index (χ1n) is 12.4. The topological polar surface area (TPSA) is 166 Å². The van der Waals surface area contributed by atoms with Gasteiger partial charge in [0.1, 0.15) is 0 Å². The van der Waals surface area contributed by atoms with Crippen molar-refractivity contribution >= 4 is 44.9 Å². The van der Waals surface area contributed by atoms with Crippen LogP contribution < -0.4 is 25.6 Å². The number of piperazine rings is 1. The third kappa shape index (κ3) is 10.5. The van der Waals surface area contributed by atoms with Crippen molar-refractivity contribution in [1.29, 1.82) is 0 Å². The Hall–Kier alpha value is -3.89. The van der Waals surface area contributed by atoms with Gasteiger partial charge >= 0.3 is 12.1 Å². The molecule has 1 fully saturated rings. The zero-order valence-corrected chi connectivity index (χ0v) is 23.2. The van der Waals surface area contributed by atoms with E-state index in [0.717, 1.165) is 31.9 Å². The van der Waals surface area contributed by atoms with Crippen LogP contribution in [0.15, 0.2) is 47.4 Å². The minimum atomic E-state index is -5.08. The fraction of sp³-hybridized carbons (Fsp3) is 0.400. The van der Waals surface area contributed by atoms with Crippen LogP contribution in [0.25, 0.3) is 0 Å². The number of aliphatic carboxylic acids is 1. The molecule has 0 spiro atoms. The molecule has 0 unspecified atom stereocenters. The molecule has 1 aliphatic heterocycles. The van der Waals surface area contributed by atoms with Crippen molar-refractivity contribution < 1.29 is 45.8 Å². The summed E-state index contributed by atoms with van der Waals surface area (Å²) < 4.78 is 65.2. The Morgan fingerprint density at radius 2 is 1.63 bits per heavy atom. The number of hydrogen-bond acceptors (Lipinski definition) is 8. The highest BCUT2D eigenvalue weighted by molar-refractivity contribution is 7.92. The normalized spacial score (nSPS) is 13.4. The van der Waals surface area contributed by atoms with Gasteiger partial charge in [0.25, 0.3) is 15.9 Å². The van der Waals surface area contributed by atoms with Crippen LogP contribution in [0, 0.1) is 0 Å². The van der Waals surface area contributed by atoms with Gasteiger partial charge in [-0.15, -0.1) is 0 Å². The van der Waals surface area contributed by atoms with Gasteiger partial charge in [0.2, 0.25) is 5.91 Å². The molecule has 16 heteroatoms. The van der Waals surface area contributed by atoms with E-state index in [1.54, 1.807) is 32.2 Å². The van der Waals surface area contributed by atoms with E-state index in [2.05, 4.69) is 25.6 Å². The number of nitrogens with one attached hydrogen (secondary N) is 4. The summed E-state index contributed by atoms with van der Waals surface area (Å²) >= 11 is 0. The van der Waals surface area contributed by atoms with Crippen LogP contribution >= 0.6 is 0 Å². The second-order valence-corrected chi connectivity index (χ2v) is 10.2. The average molecular weight is 604 g/mol. The summed E-state index contributed by atoms with van der Waals surface area (Å²) in [6, 6.07) is 10.9. The fourth-order valence-corrected chi connectivity index (χ4v) is 4.56. The van der Waals surface area contributed by atoms with Crippen molar-refractivity contribution in [3.63, 3.8) is 0 Å². The summed E-state index contributed by atoms with van der Waals surface area (Å²) in [5.41, 5.74) is 1.92. The summed E-state index contributed by atoms with van der Waals surface area (Å²) in [7, 11) is -2.35. The lowest BCUT2D eigenvalue weighted by Gasteiger charge is -2.31. The monoisotopic (exact) mass is 603 g/mol. The lowest BCUT2D eigenvalue weighted by molar-refractivity contribution is -0.192. The molecule has 0 atom stereocenters. The van der Waals surface area contributed by atoms with Crippen LogP contribution in [0.3, 0.4) is 0 Å². The Bertz CT molecular complexity index is 1300. The SMILES string of the molecule is CCC(=O)Nc1ccc(S(=O)(=O)Nc2ccc(N3CCNCC3)c(C(=O)NCCOC)c2)cc1.O=C(O)C(F)(F)F. The van der Waals surface area contributed by atoms with Gasteiger partial charge in [-0.1, -0.05) is 6.92 Å². The third-order valence-corrected chi connectivity index (χ3v) is 6.95. The highest BCUT2D eigenvalue weighted by atomic mass is 32.2. The Kier molecular flexibility index (Phi) is 12.4. The maximum atomic E-state index is 12.9. The summed E-state index contributed by atoms with van der Waals surface area (Å²) in [6.07, 6.45) is -4.76. The van der Waals surface area contributed by atoms with Gasteiger partial charge in [-0.2, -0.15) is 13.2 Å². The fourth-order valence-electron chi connectivity index (χ4n) is 3.51. The second kappa shape index (κ2) is 15.2. The van der Waals surface area contributed by atoms with Crippen molar-refractivity contribution in [1.82, 2.24) is 10.6 Å². The van der Waals surface area contributed by atoms with Crippen LogP contribution in [0.2, 0.25) is 0 Å². The Balaban J connectivity index is 0.000000745. The highest BCUT2D eigenvalue weighted by Gasteiger charge is 2.38. The molecule has 0 bridgehead atoms. The lowest BCUT2D eigenvalue weighted by atomic mass is 10.1. The molecular weight excluding hydrogens is 571 g/mol. The maximum absolute atomic E-state index is 12.9. The smallest absolute Gasteiger partial charge is 0.475 e. The number of carbonyl (C=O) groups excluding carboxylic acids is 2. The van der Waals surface area contributed by atoms with E-state index in [1.807, 2.05) is 0 Å². The van der Waals surface area contributed by atoms with Gasteiger partial charge in [-0.25, -0.2) is 13.2 Å². The maximum Gasteiger partial charge on any atom is 0.490 e. The van der Waals surface area contributed by atoms with Gasteiger partial charge in [0.15, 0.2) is 0 Å². The molecule has 12 nitrogen and oxygen atoms in total. The van der Waals surface area contributed by atoms with Gasteiger partial charge in [0, 0.05) is 63.3 Å². The number of halogens is 3. The number of anilines is 3. The van der Waals surface area contributed by atoms with Gasteiger partial charge in [-0.3, -0.25) is 14.3 Å². The highest BCUT2D eigenvalue weighted by Crippen LogP contribution is 2.27. The molecule has 41 heavy (non-hydrogen) atoms. The van der Waals surface area contributed by atoms with Crippen molar-refractivity contribution in [2.45, 2.75) is 24.4 Å². The summed E-state index contributed by atoms with van der Waals surface area (Å²) in [5, 5.41) is 15.9.